The van der Waals surface area contributed by atoms with Gasteiger partial charge in [0.1, 0.15) is 5.60 Å². The topological polar surface area (TPSA) is 90.0 Å². The van der Waals surface area contributed by atoms with Crippen molar-refractivity contribution in [1.29, 1.82) is 0 Å². The van der Waals surface area contributed by atoms with E-state index in [-0.39, 0.29) is 16.3 Å². The SMILES string of the molecule is COC(=O)c1ccc(N(C(=O)OC(C)(C)C)[SH](=O)=O)cc1Cl. The first kappa shape index (κ1) is 18.2. The molecule has 0 aliphatic carbocycles. The highest BCUT2D eigenvalue weighted by Crippen LogP contribution is 2.26. The minimum Gasteiger partial charge on any atom is -0.465 e. The minimum absolute atomic E-state index is 0.0389. The van der Waals surface area contributed by atoms with Gasteiger partial charge in [-0.1, -0.05) is 11.6 Å². The molecule has 0 heterocycles. The van der Waals surface area contributed by atoms with Crippen molar-refractivity contribution in [3.05, 3.63) is 28.8 Å². The monoisotopic (exact) mass is 349 g/mol. The number of hydrogen-bond acceptors (Lipinski definition) is 6. The summed E-state index contributed by atoms with van der Waals surface area (Å²) in [6, 6.07) is 3.69. The van der Waals surface area contributed by atoms with E-state index in [0.29, 0.717) is 4.31 Å². The lowest BCUT2D eigenvalue weighted by molar-refractivity contribution is 0.0596. The zero-order chi connectivity index (χ0) is 17.1. The number of carbonyl (C=O) groups is 2. The number of anilines is 1. The Kier molecular flexibility index (Phi) is 5.78. The first-order valence-corrected chi connectivity index (χ1v) is 7.63. The van der Waals surface area contributed by atoms with Gasteiger partial charge in [-0.05, 0) is 39.0 Å². The Balaban J connectivity index is 3.21. The van der Waals surface area contributed by atoms with Gasteiger partial charge in [0.15, 0.2) is 0 Å². The predicted octanol–water partition coefficient (Wildman–Crippen LogP) is 2.39. The Morgan fingerprint density at radius 1 is 1.23 bits per heavy atom. The fourth-order valence-electron chi connectivity index (χ4n) is 1.48. The summed E-state index contributed by atoms with van der Waals surface area (Å²) in [5.41, 5.74) is -0.850. The molecule has 0 radical (unpaired) electrons. The van der Waals surface area contributed by atoms with Gasteiger partial charge in [0.05, 0.1) is 23.4 Å². The average molecular weight is 350 g/mol. The normalized spacial score (nSPS) is 11.2. The fourth-order valence-corrected chi connectivity index (χ4v) is 2.22. The van der Waals surface area contributed by atoms with Crippen LogP contribution in [0, 0.1) is 0 Å². The van der Waals surface area contributed by atoms with E-state index in [9.17, 15) is 18.0 Å². The molecular formula is C13H16ClNO6S. The molecule has 0 aliphatic rings. The predicted molar refractivity (Wildman–Crippen MR) is 81.8 cm³/mol. The second-order valence-electron chi connectivity index (χ2n) is 5.19. The van der Waals surface area contributed by atoms with E-state index in [1.54, 1.807) is 20.8 Å². The molecule has 22 heavy (non-hydrogen) atoms. The zero-order valence-electron chi connectivity index (χ0n) is 12.5. The molecule has 122 valence electrons. The van der Waals surface area contributed by atoms with E-state index in [2.05, 4.69) is 4.74 Å². The number of amides is 1. The molecule has 0 aliphatic heterocycles. The van der Waals surface area contributed by atoms with Crippen LogP contribution in [0.25, 0.3) is 0 Å². The summed E-state index contributed by atoms with van der Waals surface area (Å²) < 4.78 is 32.7. The molecule has 7 nitrogen and oxygen atoms in total. The van der Waals surface area contributed by atoms with Crippen LogP contribution in [0.2, 0.25) is 5.02 Å². The van der Waals surface area contributed by atoms with Crippen LogP contribution in [-0.2, 0) is 20.4 Å². The highest BCUT2D eigenvalue weighted by atomic mass is 35.5. The van der Waals surface area contributed by atoms with Crippen molar-refractivity contribution in [2.24, 2.45) is 0 Å². The molecule has 9 heteroatoms. The third kappa shape index (κ3) is 4.60. The second-order valence-corrected chi connectivity index (χ2v) is 6.47. The molecular weight excluding hydrogens is 334 g/mol. The van der Waals surface area contributed by atoms with Gasteiger partial charge in [0, 0.05) is 0 Å². The number of halogens is 1. The molecule has 1 amide bonds. The number of ether oxygens (including phenoxy) is 2. The Morgan fingerprint density at radius 3 is 2.23 bits per heavy atom. The largest absolute Gasteiger partial charge is 0.465 e. The van der Waals surface area contributed by atoms with E-state index < -0.39 is 28.6 Å². The number of esters is 1. The number of rotatable bonds is 3. The third-order valence-electron chi connectivity index (χ3n) is 2.33. The summed E-state index contributed by atoms with van der Waals surface area (Å²) in [5, 5.41) is -0.0465. The van der Waals surface area contributed by atoms with Crippen LogP contribution >= 0.6 is 11.6 Å². The van der Waals surface area contributed by atoms with Crippen LogP contribution in [0.15, 0.2) is 18.2 Å². The zero-order valence-corrected chi connectivity index (χ0v) is 14.1. The molecule has 0 aromatic heterocycles. The summed E-state index contributed by atoms with van der Waals surface area (Å²) in [6.07, 6.45) is -1.06. The van der Waals surface area contributed by atoms with Crippen molar-refractivity contribution in [3.8, 4) is 0 Å². The quantitative estimate of drug-likeness (QED) is 0.665. The van der Waals surface area contributed by atoms with Crippen LogP contribution in [0.1, 0.15) is 31.1 Å². The molecule has 0 N–H and O–H groups in total. The van der Waals surface area contributed by atoms with Gasteiger partial charge in [-0.2, -0.15) is 4.31 Å². The summed E-state index contributed by atoms with van der Waals surface area (Å²) in [7, 11) is -2.10. The van der Waals surface area contributed by atoms with Crippen molar-refractivity contribution >= 4 is 40.2 Å². The van der Waals surface area contributed by atoms with Crippen LogP contribution in [0.4, 0.5) is 10.5 Å². The van der Waals surface area contributed by atoms with Gasteiger partial charge in [-0.25, -0.2) is 18.0 Å². The number of methoxy groups -OCH3 is 1. The van der Waals surface area contributed by atoms with Crippen molar-refractivity contribution in [2.45, 2.75) is 26.4 Å². The Bertz CT molecular complexity index is 657. The minimum atomic E-state index is -3.29. The van der Waals surface area contributed by atoms with Crippen molar-refractivity contribution < 1.29 is 27.5 Å². The molecule has 1 aromatic rings. The molecule has 0 atom stereocenters. The number of hydrogen-bond donors (Lipinski definition) is 1. The summed E-state index contributed by atoms with van der Waals surface area (Å²) in [4.78, 5) is 23.4. The van der Waals surface area contributed by atoms with Crippen LogP contribution in [-0.4, -0.2) is 33.2 Å². The van der Waals surface area contributed by atoms with Gasteiger partial charge >= 0.3 is 12.1 Å². The molecule has 0 bridgehead atoms. The fraction of sp³-hybridized carbons (Fsp3) is 0.385. The Hall–Kier alpha value is -1.80. The van der Waals surface area contributed by atoms with Crippen molar-refractivity contribution in [3.63, 3.8) is 0 Å². The maximum absolute atomic E-state index is 12.0. The van der Waals surface area contributed by atoms with E-state index in [0.717, 1.165) is 0 Å². The molecule has 0 unspecified atom stereocenters. The summed E-state index contributed by atoms with van der Waals surface area (Å²) in [6.45, 7) is 4.82. The van der Waals surface area contributed by atoms with Crippen LogP contribution < -0.4 is 4.31 Å². The molecule has 0 saturated carbocycles. The van der Waals surface area contributed by atoms with Gasteiger partial charge in [-0.15, -0.1) is 0 Å². The average Bonchev–Trinajstić information content (AvgIpc) is 2.35. The number of nitrogens with zero attached hydrogens (tertiary/aromatic N) is 1. The Morgan fingerprint density at radius 2 is 1.82 bits per heavy atom. The molecule has 1 aromatic carbocycles. The molecule has 0 saturated heterocycles. The summed E-state index contributed by atoms with van der Waals surface area (Å²) >= 11 is 5.91. The molecule has 0 fully saturated rings. The van der Waals surface area contributed by atoms with E-state index in [1.165, 1.54) is 25.3 Å². The van der Waals surface area contributed by atoms with Gasteiger partial charge in [0.2, 0.25) is 10.9 Å². The van der Waals surface area contributed by atoms with Crippen molar-refractivity contribution in [1.82, 2.24) is 0 Å². The maximum Gasteiger partial charge on any atom is 0.428 e. The highest BCUT2D eigenvalue weighted by molar-refractivity contribution is 7.75. The third-order valence-corrected chi connectivity index (χ3v) is 3.37. The van der Waals surface area contributed by atoms with Gasteiger partial charge < -0.3 is 9.47 Å². The van der Waals surface area contributed by atoms with E-state index in [4.69, 9.17) is 16.3 Å². The molecule has 1 rings (SSSR count). The lowest BCUT2D eigenvalue weighted by Crippen LogP contribution is -2.35. The lowest BCUT2D eigenvalue weighted by atomic mass is 10.2. The number of benzene rings is 1. The maximum atomic E-state index is 12.0. The smallest absolute Gasteiger partial charge is 0.428 e. The van der Waals surface area contributed by atoms with Crippen LogP contribution in [0.3, 0.4) is 0 Å². The first-order valence-electron chi connectivity index (χ1n) is 6.12. The van der Waals surface area contributed by atoms with Crippen molar-refractivity contribution in [2.75, 3.05) is 11.4 Å². The van der Waals surface area contributed by atoms with Gasteiger partial charge in [-0.3, -0.25) is 0 Å². The first-order chi connectivity index (χ1) is 10.1. The van der Waals surface area contributed by atoms with E-state index in [1.807, 2.05) is 0 Å². The number of carbonyl (C=O) groups excluding carboxylic acids is 2. The standard InChI is InChI=1S/C13H16ClNO6S/c1-13(2,3)21-12(17)15(22(18)19)8-5-6-9(10(14)7-8)11(16)20-4/h5-7,22H,1-4H3. The number of thiol groups is 1. The van der Waals surface area contributed by atoms with Gasteiger partial charge in [0.25, 0.3) is 0 Å². The second kappa shape index (κ2) is 6.97. The summed E-state index contributed by atoms with van der Waals surface area (Å²) in [5.74, 6) is -0.674. The Labute approximate surface area is 134 Å². The molecule has 0 spiro atoms. The van der Waals surface area contributed by atoms with E-state index >= 15 is 0 Å². The van der Waals surface area contributed by atoms with Crippen LogP contribution in [0.5, 0.6) is 0 Å². The lowest BCUT2D eigenvalue weighted by Gasteiger charge is -2.23. The highest BCUT2D eigenvalue weighted by Gasteiger charge is 2.26.